The molecule has 1 aromatic heterocycles. The Labute approximate surface area is 125 Å². The minimum absolute atomic E-state index is 0.238. The number of halogens is 1. The molecule has 6 nitrogen and oxygen atoms in total. The number of ether oxygens (including phenoxy) is 1. The molecule has 0 radical (unpaired) electrons. The van der Waals surface area contributed by atoms with Crippen LogP contribution in [-0.2, 0) is 13.6 Å². The number of nitrogens with one attached hydrogen (secondary N) is 1. The Kier molecular flexibility index (Phi) is 5.51. The second-order valence-corrected chi connectivity index (χ2v) is 5.33. The van der Waals surface area contributed by atoms with Gasteiger partial charge in [-0.05, 0) is 18.2 Å². The second kappa shape index (κ2) is 7.37. The molecule has 0 spiro atoms. The summed E-state index contributed by atoms with van der Waals surface area (Å²) in [6.07, 6.45) is 1.06. The molecule has 0 bridgehead atoms. The minimum Gasteiger partial charge on any atom is -0.491 e. The quantitative estimate of drug-likeness (QED) is 0.789. The fraction of sp³-hybridized carbons (Fsp3) is 0.385. The van der Waals surface area contributed by atoms with Crippen LogP contribution in [0.15, 0.2) is 35.1 Å². The number of hydrogen-bond acceptors (Lipinski definition) is 5. The SMILES string of the molecule is Cn1cnnc1CNCC(O)COc1cccc(Br)c1. The first-order valence-electron chi connectivity index (χ1n) is 6.25. The van der Waals surface area contributed by atoms with Gasteiger partial charge in [0.2, 0.25) is 0 Å². The normalized spacial score (nSPS) is 12.3. The average Bonchev–Trinajstić information content (AvgIpc) is 2.82. The third-order valence-corrected chi connectivity index (χ3v) is 3.20. The van der Waals surface area contributed by atoms with Crippen molar-refractivity contribution in [2.45, 2.75) is 12.6 Å². The highest BCUT2D eigenvalue weighted by Crippen LogP contribution is 2.17. The van der Waals surface area contributed by atoms with Gasteiger partial charge in [-0.15, -0.1) is 10.2 Å². The first-order chi connectivity index (χ1) is 9.65. The number of nitrogens with zero attached hydrogens (tertiary/aromatic N) is 3. The lowest BCUT2D eigenvalue weighted by molar-refractivity contribution is 0.106. The molecule has 0 saturated heterocycles. The summed E-state index contributed by atoms with van der Waals surface area (Å²) in [4.78, 5) is 0. The maximum Gasteiger partial charge on any atom is 0.146 e. The summed E-state index contributed by atoms with van der Waals surface area (Å²) >= 11 is 3.37. The Morgan fingerprint density at radius 1 is 1.50 bits per heavy atom. The molecule has 1 aromatic carbocycles. The highest BCUT2D eigenvalue weighted by molar-refractivity contribution is 9.10. The Morgan fingerprint density at radius 2 is 2.35 bits per heavy atom. The standard InChI is InChI=1S/C13H17BrN4O2/c1-18-9-16-17-13(18)7-15-6-11(19)8-20-12-4-2-3-10(14)5-12/h2-5,9,11,15,19H,6-8H2,1H3. The summed E-state index contributed by atoms with van der Waals surface area (Å²) in [6, 6.07) is 7.52. The van der Waals surface area contributed by atoms with Gasteiger partial charge in [-0.2, -0.15) is 0 Å². The van der Waals surface area contributed by atoms with Crippen molar-refractivity contribution < 1.29 is 9.84 Å². The topological polar surface area (TPSA) is 72.2 Å². The first kappa shape index (κ1) is 15.0. The van der Waals surface area contributed by atoms with Gasteiger partial charge in [0.1, 0.15) is 30.6 Å². The van der Waals surface area contributed by atoms with Crippen molar-refractivity contribution in [2.75, 3.05) is 13.2 Å². The summed E-state index contributed by atoms with van der Waals surface area (Å²) in [6.45, 7) is 1.23. The fourth-order valence-electron chi connectivity index (χ4n) is 1.63. The highest BCUT2D eigenvalue weighted by Gasteiger charge is 2.06. The van der Waals surface area contributed by atoms with Gasteiger partial charge in [-0.3, -0.25) is 0 Å². The van der Waals surface area contributed by atoms with Crippen LogP contribution in [0.3, 0.4) is 0 Å². The molecule has 2 N–H and O–H groups in total. The summed E-state index contributed by atoms with van der Waals surface area (Å²) in [7, 11) is 1.88. The number of aromatic nitrogens is 3. The Bertz CT molecular complexity index is 547. The van der Waals surface area contributed by atoms with E-state index in [4.69, 9.17) is 4.74 Å². The van der Waals surface area contributed by atoms with Gasteiger partial charge in [0, 0.05) is 18.1 Å². The second-order valence-electron chi connectivity index (χ2n) is 4.41. The molecule has 0 saturated carbocycles. The zero-order chi connectivity index (χ0) is 14.4. The van der Waals surface area contributed by atoms with E-state index in [-0.39, 0.29) is 6.61 Å². The van der Waals surface area contributed by atoms with Gasteiger partial charge < -0.3 is 19.7 Å². The maximum absolute atomic E-state index is 9.84. The first-order valence-corrected chi connectivity index (χ1v) is 7.04. The van der Waals surface area contributed by atoms with E-state index in [1.807, 2.05) is 35.9 Å². The molecule has 1 atom stereocenters. The third kappa shape index (κ3) is 4.59. The monoisotopic (exact) mass is 340 g/mol. The van der Waals surface area contributed by atoms with Gasteiger partial charge in [0.05, 0.1) is 6.54 Å². The number of rotatable bonds is 7. The van der Waals surface area contributed by atoms with Gasteiger partial charge in [-0.25, -0.2) is 0 Å². The molecule has 1 heterocycles. The minimum atomic E-state index is -0.581. The lowest BCUT2D eigenvalue weighted by atomic mass is 10.3. The fourth-order valence-corrected chi connectivity index (χ4v) is 2.00. The van der Waals surface area contributed by atoms with Crippen molar-refractivity contribution in [1.82, 2.24) is 20.1 Å². The van der Waals surface area contributed by atoms with E-state index in [1.165, 1.54) is 0 Å². The van der Waals surface area contributed by atoms with Crippen molar-refractivity contribution in [3.05, 3.63) is 40.9 Å². The lowest BCUT2D eigenvalue weighted by Gasteiger charge is -2.13. The molecule has 2 aromatic rings. The molecular formula is C13H17BrN4O2. The molecule has 108 valence electrons. The largest absolute Gasteiger partial charge is 0.491 e. The molecule has 0 amide bonds. The van der Waals surface area contributed by atoms with E-state index in [0.717, 1.165) is 16.0 Å². The molecule has 7 heteroatoms. The number of aryl methyl sites for hydroxylation is 1. The molecule has 2 rings (SSSR count). The van der Waals surface area contributed by atoms with Crippen LogP contribution in [-0.4, -0.2) is 39.1 Å². The smallest absolute Gasteiger partial charge is 0.146 e. The molecule has 20 heavy (non-hydrogen) atoms. The van der Waals surface area contributed by atoms with Gasteiger partial charge in [0.25, 0.3) is 0 Å². The predicted molar refractivity (Wildman–Crippen MR) is 78.4 cm³/mol. The van der Waals surface area contributed by atoms with E-state index in [0.29, 0.717) is 13.1 Å². The van der Waals surface area contributed by atoms with Crippen molar-refractivity contribution >= 4 is 15.9 Å². The van der Waals surface area contributed by atoms with E-state index in [9.17, 15) is 5.11 Å². The van der Waals surface area contributed by atoms with Gasteiger partial charge >= 0.3 is 0 Å². The summed E-state index contributed by atoms with van der Waals surface area (Å²) in [5.74, 6) is 1.55. The lowest BCUT2D eigenvalue weighted by Crippen LogP contribution is -2.31. The number of aliphatic hydroxyl groups is 1. The van der Waals surface area contributed by atoms with E-state index in [2.05, 4.69) is 31.4 Å². The van der Waals surface area contributed by atoms with E-state index < -0.39 is 6.10 Å². The van der Waals surface area contributed by atoms with E-state index >= 15 is 0 Å². The van der Waals surface area contributed by atoms with Crippen molar-refractivity contribution in [3.63, 3.8) is 0 Å². The van der Waals surface area contributed by atoms with Gasteiger partial charge in [-0.1, -0.05) is 22.0 Å². The van der Waals surface area contributed by atoms with Crippen molar-refractivity contribution in [2.24, 2.45) is 7.05 Å². The molecule has 1 unspecified atom stereocenters. The number of aliphatic hydroxyl groups excluding tert-OH is 1. The Hall–Kier alpha value is -1.44. The van der Waals surface area contributed by atoms with Crippen LogP contribution in [0, 0.1) is 0 Å². The van der Waals surface area contributed by atoms with Crippen LogP contribution >= 0.6 is 15.9 Å². The Balaban J connectivity index is 1.68. The van der Waals surface area contributed by atoms with Crippen LogP contribution in [0.2, 0.25) is 0 Å². The van der Waals surface area contributed by atoms with Crippen LogP contribution in [0.1, 0.15) is 5.82 Å². The molecular weight excluding hydrogens is 324 g/mol. The third-order valence-electron chi connectivity index (χ3n) is 2.71. The van der Waals surface area contributed by atoms with Crippen LogP contribution in [0.25, 0.3) is 0 Å². The van der Waals surface area contributed by atoms with Crippen LogP contribution in [0.4, 0.5) is 0 Å². The number of benzene rings is 1. The van der Waals surface area contributed by atoms with Gasteiger partial charge in [0.15, 0.2) is 0 Å². The molecule has 0 aliphatic heterocycles. The summed E-state index contributed by atoms with van der Waals surface area (Å²) in [5, 5.41) is 20.7. The van der Waals surface area contributed by atoms with E-state index in [1.54, 1.807) is 6.33 Å². The summed E-state index contributed by atoms with van der Waals surface area (Å²) in [5.41, 5.74) is 0. The summed E-state index contributed by atoms with van der Waals surface area (Å²) < 4.78 is 8.29. The van der Waals surface area contributed by atoms with Crippen molar-refractivity contribution in [1.29, 1.82) is 0 Å². The van der Waals surface area contributed by atoms with Crippen molar-refractivity contribution in [3.8, 4) is 5.75 Å². The van der Waals surface area contributed by atoms with Crippen LogP contribution in [0.5, 0.6) is 5.75 Å². The van der Waals surface area contributed by atoms with Crippen LogP contribution < -0.4 is 10.1 Å². The predicted octanol–water partition coefficient (Wildman–Crippen LogP) is 1.11. The average molecular weight is 341 g/mol. The number of hydrogen-bond donors (Lipinski definition) is 2. The zero-order valence-electron chi connectivity index (χ0n) is 11.2. The molecule has 0 aliphatic carbocycles. The highest BCUT2D eigenvalue weighted by atomic mass is 79.9. The molecule has 0 aliphatic rings. The molecule has 0 fully saturated rings. The maximum atomic E-state index is 9.84. The zero-order valence-corrected chi connectivity index (χ0v) is 12.7. The Morgan fingerprint density at radius 3 is 3.05 bits per heavy atom.